The van der Waals surface area contributed by atoms with Crippen molar-refractivity contribution in [1.82, 2.24) is 9.78 Å². The molecule has 25 heavy (non-hydrogen) atoms. The zero-order chi connectivity index (χ0) is 18.0. The maximum atomic E-state index is 12.5. The molecule has 1 N–H and O–H groups in total. The maximum Gasteiger partial charge on any atom is 0.276 e. The van der Waals surface area contributed by atoms with Crippen LogP contribution in [0.1, 0.15) is 16.1 Å². The second kappa shape index (κ2) is 6.99. The molecule has 0 aliphatic heterocycles. The number of aryl methyl sites for hydroxylation is 2. The Hall–Kier alpha value is -2.79. The number of benzene rings is 2. The monoisotopic (exact) mass is 355 g/mol. The molecule has 0 aliphatic carbocycles. The fourth-order valence-electron chi connectivity index (χ4n) is 2.51. The van der Waals surface area contributed by atoms with Crippen LogP contribution in [-0.4, -0.2) is 22.8 Å². The molecule has 0 saturated heterocycles. The number of methoxy groups -OCH3 is 1. The van der Waals surface area contributed by atoms with Crippen molar-refractivity contribution in [2.45, 2.75) is 6.92 Å². The van der Waals surface area contributed by atoms with Crippen LogP contribution in [-0.2, 0) is 7.05 Å². The van der Waals surface area contributed by atoms with Gasteiger partial charge < -0.3 is 10.1 Å². The van der Waals surface area contributed by atoms with Crippen molar-refractivity contribution in [3.05, 3.63) is 64.8 Å². The van der Waals surface area contributed by atoms with E-state index in [1.165, 1.54) is 5.56 Å². The third kappa shape index (κ3) is 3.67. The molecule has 0 saturated carbocycles. The Balaban J connectivity index is 1.82. The normalized spacial score (nSPS) is 10.6. The minimum atomic E-state index is -0.296. The van der Waals surface area contributed by atoms with E-state index >= 15 is 0 Å². The fraction of sp³-hybridized carbons (Fsp3) is 0.158. The highest BCUT2D eigenvalue weighted by Gasteiger charge is 2.15. The Morgan fingerprint density at radius 1 is 1.16 bits per heavy atom. The molecular weight excluding hydrogens is 338 g/mol. The van der Waals surface area contributed by atoms with Crippen LogP contribution in [0, 0.1) is 6.92 Å². The van der Waals surface area contributed by atoms with E-state index in [0.717, 1.165) is 11.3 Å². The molecule has 5 nitrogen and oxygen atoms in total. The smallest absolute Gasteiger partial charge is 0.276 e. The third-order valence-corrected chi connectivity index (χ3v) is 4.16. The van der Waals surface area contributed by atoms with Crippen molar-refractivity contribution in [2.24, 2.45) is 7.05 Å². The predicted molar refractivity (Wildman–Crippen MR) is 99.3 cm³/mol. The number of ether oxygens (including phenoxy) is 1. The summed E-state index contributed by atoms with van der Waals surface area (Å²) in [6.45, 7) is 2.03. The summed E-state index contributed by atoms with van der Waals surface area (Å²) in [5.41, 5.74) is 3.98. The lowest BCUT2D eigenvalue weighted by Gasteiger charge is -2.06. The van der Waals surface area contributed by atoms with E-state index in [0.29, 0.717) is 22.2 Å². The van der Waals surface area contributed by atoms with Crippen molar-refractivity contribution >= 4 is 23.2 Å². The van der Waals surface area contributed by atoms with Crippen molar-refractivity contribution in [3.63, 3.8) is 0 Å². The highest BCUT2D eigenvalue weighted by molar-refractivity contribution is 6.32. The number of nitrogens with one attached hydrogen (secondary N) is 1. The van der Waals surface area contributed by atoms with Gasteiger partial charge in [-0.15, -0.1) is 0 Å². The van der Waals surface area contributed by atoms with Gasteiger partial charge in [-0.05, 0) is 36.8 Å². The lowest BCUT2D eigenvalue weighted by atomic mass is 10.1. The average molecular weight is 356 g/mol. The summed E-state index contributed by atoms with van der Waals surface area (Å²) >= 11 is 6.09. The molecular formula is C19H18ClN3O2. The summed E-state index contributed by atoms with van der Waals surface area (Å²) in [5.74, 6) is 0.259. The molecule has 128 valence electrons. The number of nitrogens with zero attached hydrogens (tertiary/aromatic N) is 2. The first-order valence-corrected chi connectivity index (χ1v) is 8.11. The van der Waals surface area contributed by atoms with E-state index in [1.54, 1.807) is 36.1 Å². The predicted octanol–water partition coefficient (Wildman–Crippen LogP) is 4.31. The molecule has 0 fully saturated rings. The number of halogens is 1. The highest BCUT2D eigenvalue weighted by Crippen LogP contribution is 2.27. The Bertz CT molecular complexity index is 917. The van der Waals surface area contributed by atoms with Crippen molar-refractivity contribution < 1.29 is 9.53 Å². The van der Waals surface area contributed by atoms with Gasteiger partial charge in [0.1, 0.15) is 5.75 Å². The summed E-state index contributed by atoms with van der Waals surface area (Å²) in [4.78, 5) is 12.5. The number of hydrogen-bond acceptors (Lipinski definition) is 3. The summed E-state index contributed by atoms with van der Waals surface area (Å²) < 4.78 is 6.80. The molecule has 1 heterocycles. The number of carbonyl (C=O) groups is 1. The van der Waals surface area contributed by atoms with Crippen LogP contribution in [0.4, 0.5) is 5.69 Å². The minimum Gasteiger partial charge on any atom is -0.495 e. The summed E-state index contributed by atoms with van der Waals surface area (Å²) in [5, 5.41) is 7.54. The van der Waals surface area contributed by atoms with E-state index in [4.69, 9.17) is 16.3 Å². The lowest BCUT2D eigenvalue weighted by Crippen LogP contribution is -2.13. The molecule has 3 rings (SSSR count). The SMILES string of the molecule is COc1ccc(NC(=O)c2cc(-c3ccc(C)cc3)n(C)n2)cc1Cl. The summed E-state index contributed by atoms with van der Waals surface area (Å²) in [6.07, 6.45) is 0. The summed E-state index contributed by atoms with van der Waals surface area (Å²) in [7, 11) is 3.36. The lowest BCUT2D eigenvalue weighted by molar-refractivity contribution is 0.102. The topological polar surface area (TPSA) is 56.1 Å². The van der Waals surface area contributed by atoms with E-state index < -0.39 is 0 Å². The van der Waals surface area contributed by atoms with Crippen LogP contribution < -0.4 is 10.1 Å². The number of aromatic nitrogens is 2. The van der Waals surface area contributed by atoms with Crippen molar-refractivity contribution in [3.8, 4) is 17.0 Å². The van der Waals surface area contributed by atoms with Gasteiger partial charge in [0.15, 0.2) is 5.69 Å². The van der Waals surface area contributed by atoms with Gasteiger partial charge in [0.2, 0.25) is 0 Å². The first kappa shape index (κ1) is 17.0. The van der Waals surface area contributed by atoms with Crippen LogP contribution in [0.5, 0.6) is 5.75 Å². The zero-order valence-electron chi connectivity index (χ0n) is 14.2. The van der Waals surface area contributed by atoms with E-state index in [1.807, 2.05) is 38.2 Å². The van der Waals surface area contributed by atoms with Gasteiger partial charge >= 0.3 is 0 Å². The first-order chi connectivity index (χ1) is 12.0. The van der Waals surface area contributed by atoms with Gasteiger partial charge in [-0.1, -0.05) is 41.4 Å². The van der Waals surface area contributed by atoms with Gasteiger partial charge in [-0.3, -0.25) is 9.48 Å². The number of carbonyl (C=O) groups excluding carboxylic acids is 1. The molecule has 1 amide bonds. The Labute approximate surface area is 151 Å². The fourth-order valence-corrected chi connectivity index (χ4v) is 2.77. The Morgan fingerprint density at radius 2 is 1.88 bits per heavy atom. The Kier molecular flexibility index (Phi) is 4.76. The van der Waals surface area contributed by atoms with Crippen molar-refractivity contribution in [1.29, 1.82) is 0 Å². The van der Waals surface area contributed by atoms with Crippen LogP contribution in [0.25, 0.3) is 11.3 Å². The van der Waals surface area contributed by atoms with Crippen LogP contribution in [0.15, 0.2) is 48.5 Å². The van der Waals surface area contributed by atoms with E-state index in [9.17, 15) is 4.79 Å². The molecule has 0 bridgehead atoms. The number of amides is 1. The quantitative estimate of drug-likeness (QED) is 0.758. The molecule has 0 radical (unpaired) electrons. The van der Waals surface area contributed by atoms with Gasteiger partial charge in [0.25, 0.3) is 5.91 Å². The van der Waals surface area contributed by atoms with Gasteiger partial charge in [0, 0.05) is 12.7 Å². The Morgan fingerprint density at radius 3 is 2.52 bits per heavy atom. The first-order valence-electron chi connectivity index (χ1n) is 7.74. The third-order valence-electron chi connectivity index (χ3n) is 3.87. The zero-order valence-corrected chi connectivity index (χ0v) is 15.0. The van der Waals surface area contributed by atoms with Crippen LogP contribution in [0.3, 0.4) is 0 Å². The van der Waals surface area contributed by atoms with E-state index in [-0.39, 0.29) is 5.91 Å². The second-order valence-electron chi connectivity index (χ2n) is 5.71. The highest BCUT2D eigenvalue weighted by atomic mass is 35.5. The molecule has 0 atom stereocenters. The molecule has 2 aromatic carbocycles. The second-order valence-corrected chi connectivity index (χ2v) is 6.12. The van der Waals surface area contributed by atoms with E-state index in [2.05, 4.69) is 10.4 Å². The largest absolute Gasteiger partial charge is 0.495 e. The molecule has 3 aromatic rings. The number of rotatable bonds is 4. The van der Waals surface area contributed by atoms with Gasteiger partial charge in [0.05, 0.1) is 17.8 Å². The minimum absolute atomic E-state index is 0.296. The number of hydrogen-bond donors (Lipinski definition) is 1. The molecule has 0 unspecified atom stereocenters. The van der Waals surface area contributed by atoms with Crippen molar-refractivity contribution in [2.75, 3.05) is 12.4 Å². The van der Waals surface area contributed by atoms with Gasteiger partial charge in [-0.2, -0.15) is 5.10 Å². The van der Waals surface area contributed by atoms with Crippen LogP contribution >= 0.6 is 11.6 Å². The average Bonchev–Trinajstić information content (AvgIpc) is 2.98. The van der Waals surface area contributed by atoms with Crippen LogP contribution in [0.2, 0.25) is 5.02 Å². The maximum absolute atomic E-state index is 12.5. The summed E-state index contributed by atoms with van der Waals surface area (Å²) in [6, 6.07) is 14.9. The van der Waals surface area contributed by atoms with Gasteiger partial charge in [-0.25, -0.2) is 0 Å². The number of anilines is 1. The molecule has 1 aromatic heterocycles. The molecule has 6 heteroatoms. The standard InChI is InChI=1S/C19H18ClN3O2/c1-12-4-6-13(7-5-12)17-11-16(22-23(17)2)19(24)21-14-8-9-18(25-3)15(20)10-14/h4-11H,1-3H3,(H,21,24). The molecule has 0 spiro atoms. The molecule has 0 aliphatic rings.